The zero-order valence-electron chi connectivity index (χ0n) is 16.7. The summed E-state index contributed by atoms with van der Waals surface area (Å²) in [6.45, 7) is 0. The van der Waals surface area contributed by atoms with E-state index in [0.29, 0.717) is 5.75 Å². The third-order valence-corrected chi connectivity index (χ3v) is 5.36. The smallest absolute Gasteiger partial charge is 0.450 e. The van der Waals surface area contributed by atoms with E-state index in [1.165, 1.54) is 49.6 Å². The van der Waals surface area contributed by atoms with Crippen LogP contribution in [0.4, 0.5) is 23.2 Å². The minimum atomic E-state index is -4.71. The third kappa shape index (κ3) is 4.46. The van der Waals surface area contributed by atoms with Gasteiger partial charge in [0.1, 0.15) is 11.6 Å². The molecule has 0 saturated carbocycles. The standard InChI is InChI=1S/C22H13Cl2F4N3O2/c1-33-13-6-7-19-18(8-13)30-21(22(26,27)28)31(19)12-4-2-11(3-5-12)29-20(32)14-9-17(25)16(24)10-15(14)23/h2-10H,1H3,(H,29,32). The van der Waals surface area contributed by atoms with Crippen molar-refractivity contribution < 1.29 is 27.1 Å². The predicted molar refractivity (Wildman–Crippen MR) is 117 cm³/mol. The number of carbonyl (C=O) groups excluding carboxylic acids is 1. The number of anilines is 1. The maximum absolute atomic E-state index is 13.7. The van der Waals surface area contributed by atoms with Crippen LogP contribution < -0.4 is 10.1 Å². The van der Waals surface area contributed by atoms with Gasteiger partial charge in [0, 0.05) is 17.4 Å². The zero-order chi connectivity index (χ0) is 23.9. The number of nitrogens with one attached hydrogen (secondary N) is 1. The van der Waals surface area contributed by atoms with Gasteiger partial charge < -0.3 is 10.1 Å². The number of hydrogen-bond donors (Lipinski definition) is 1. The second kappa shape index (κ2) is 8.57. The van der Waals surface area contributed by atoms with Crippen molar-refractivity contribution in [3.05, 3.63) is 81.8 Å². The quantitative estimate of drug-likeness (QED) is 0.250. The van der Waals surface area contributed by atoms with Crippen molar-refractivity contribution >= 4 is 45.8 Å². The number of halogens is 6. The Morgan fingerprint density at radius 1 is 1.03 bits per heavy atom. The summed E-state index contributed by atoms with van der Waals surface area (Å²) in [6, 6.07) is 12.0. The fourth-order valence-electron chi connectivity index (χ4n) is 3.23. The zero-order valence-corrected chi connectivity index (χ0v) is 18.2. The van der Waals surface area contributed by atoms with Crippen molar-refractivity contribution in [3.8, 4) is 11.4 Å². The molecule has 0 spiro atoms. The van der Waals surface area contributed by atoms with Crippen LogP contribution in [0.5, 0.6) is 5.75 Å². The van der Waals surface area contributed by atoms with Crippen molar-refractivity contribution in [1.82, 2.24) is 9.55 Å². The highest BCUT2D eigenvalue weighted by Crippen LogP contribution is 2.35. The molecule has 0 unspecified atom stereocenters. The molecular weight excluding hydrogens is 485 g/mol. The Kier molecular flexibility index (Phi) is 5.94. The SMILES string of the molecule is COc1ccc2c(c1)nc(C(F)(F)F)n2-c1ccc(NC(=O)c2cc(F)c(Cl)cc2Cl)cc1. The van der Waals surface area contributed by atoms with E-state index in [4.69, 9.17) is 27.9 Å². The molecule has 1 aromatic heterocycles. The van der Waals surface area contributed by atoms with Crippen LogP contribution in [0.2, 0.25) is 10.0 Å². The molecule has 1 amide bonds. The molecule has 0 aliphatic heterocycles. The first-order valence-electron chi connectivity index (χ1n) is 9.28. The molecule has 5 nitrogen and oxygen atoms in total. The molecule has 0 aliphatic carbocycles. The summed E-state index contributed by atoms with van der Waals surface area (Å²) in [5, 5.41) is 2.24. The number of benzene rings is 3. The summed E-state index contributed by atoms with van der Waals surface area (Å²) < 4.78 is 60.7. The topological polar surface area (TPSA) is 56.1 Å². The second-order valence-electron chi connectivity index (χ2n) is 6.87. The number of hydrogen-bond acceptors (Lipinski definition) is 3. The maximum atomic E-state index is 13.7. The molecular formula is C22H13Cl2F4N3O2. The summed E-state index contributed by atoms with van der Waals surface area (Å²) in [6.07, 6.45) is -4.71. The van der Waals surface area contributed by atoms with Gasteiger partial charge in [-0.25, -0.2) is 9.37 Å². The maximum Gasteiger partial charge on any atom is 0.450 e. The molecule has 4 aromatic rings. The number of ether oxygens (including phenoxy) is 1. The van der Waals surface area contributed by atoms with Crippen molar-refractivity contribution in [1.29, 1.82) is 0 Å². The normalized spacial score (nSPS) is 11.6. The van der Waals surface area contributed by atoms with Crippen LogP contribution in [0.3, 0.4) is 0 Å². The van der Waals surface area contributed by atoms with Crippen LogP contribution in [0.15, 0.2) is 54.6 Å². The summed E-state index contributed by atoms with van der Waals surface area (Å²) in [5.74, 6) is -2.26. The van der Waals surface area contributed by atoms with Crippen LogP contribution in [0.25, 0.3) is 16.7 Å². The summed E-state index contributed by atoms with van der Waals surface area (Å²) >= 11 is 11.6. The van der Waals surface area contributed by atoms with Gasteiger partial charge in [0.25, 0.3) is 5.91 Å². The highest BCUT2D eigenvalue weighted by atomic mass is 35.5. The molecule has 1 N–H and O–H groups in total. The van der Waals surface area contributed by atoms with Gasteiger partial charge in [-0.05, 0) is 48.5 Å². The lowest BCUT2D eigenvalue weighted by Gasteiger charge is -2.13. The number of aromatic nitrogens is 2. The molecule has 4 rings (SSSR count). The van der Waals surface area contributed by atoms with E-state index in [1.807, 2.05) is 0 Å². The van der Waals surface area contributed by atoms with Crippen molar-refractivity contribution in [2.45, 2.75) is 6.18 Å². The minimum Gasteiger partial charge on any atom is -0.497 e. The third-order valence-electron chi connectivity index (χ3n) is 4.75. The summed E-state index contributed by atoms with van der Waals surface area (Å²) in [7, 11) is 1.40. The first kappa shape index (κ1) is 22.9. The average molecular weight is 498 g/mol. The highest BCUT2D eigenvalue weighted by molar-refractivity contribution is 6.37. The van der Waals surface area contributed by atoms with Gasteiger partial charge in [0.2, 0.25) is 5.82 Å². The molecule has 0 bridgehead atoms. The number of amides is 1. The molecule has 33 heavy (non-hydrogen) atoms. The lowest BCUT2D eigenvalue weighted by Crippen LogP contribution is -2.14. The first-order valence-corrected chi connectivity index (χ1v) is 10.0. The molecule has 0 fully saturated rings. The van der Waals surface area contributed by atoms with E-state index in [0.717, 1.165) is 16.7 Å². The molecule has 3 aromatic carbocycles. The lowest BCUT2D eigenvalue weighted by molar-refractivity contribution is -0.145. The van der Waals surface area contributed by atoms with Crippen molar-refractivity contribution in [3.63, 3.8) is 0 Å². The second-order valence-corrected chi connectivity index (χ2v) is 7.68. The van der Waals surface area contributed by atoms with Gasteiger partial charge in [-0.3, -0.25) is 9.36 Å². The molecule has 170 valence electrons. The Morgan fingerprint density at radius 2 is 1.73 bits per heavy atom. The Morgan fingerprint density at radius 3 is 2.36 bits per heavy atom. The van der Waals surface area contributed by atoms with Crippen LogP contribution >= 0.6 is 23.2 Å². The Labute approximate surface area is 194 Å². The van der Waals surface area contributed by atoms with Crippen LogP contribution in [0.1, 0.15) is 16.2 Å². The summed E-state index contributed by atoms with van der Waals surface area (Å²) in [5.41, 5.74) is 0.622. The van der Waals surface area contributed by atoms with E-state index in [-0.39, 0.29) is 38.0 Å². The number of alkyl halides is 3. The molecule has 0 radical (unpaired) electrons. The van der Waals surface area contributed by atoms with Crippen LogP contribution in [-0.2, 0) is 6.18 Å². The number of fused-ring (bicyclic) bond motifs is 1. The van der Waals surface area contributed by atoms with Gasteiger partial charge in [-0.1, -0.05) is 23.2 Å². The first-order chi connectivity index (χ1) is 15.6. The number of methoxy groups -OCH3 is 1. The van der Waals surface area contributed by atoms with E-state index in [9.17, 15) is 22.4 Å². The number of rotatable bonds is 4. The van der Waals surface area contributed by atoms with Gasteiger partial charge in [0.05, 0.1) is 33.8 Å². The van der Waals surface area contributed by atoms with E-state index >= 15 is 0 Å². The van der Waals surface area contributed by atoms with Gasteiger partial charge in [-0.2, -0.15) is 13.2 Å². The van der Waals surface area contributed by atoms with Crippen molar-refractivity contribution in [2.24, 2.45) is 0 Å². The van der Waals surface area contributed by atoms with Gasteiger partial charge >= 0.3 is 6.18 Å². The van der Waals surface area contributed by atoms with Gasteiger partial charge in [-0.15, -0.1) is 0 Å². The van der Waals surface area contributed by atoms with E-state index < -0.39 is 23.7 Å². The van der Waals surface area contributed by atoms with Crippen LogP contribution in [-0.4, -0.2) is 22.6 Å². The monoisotopic (exact) mass is 497 g/mol. The number of carbonyl (C=O) groups is 1. The Hall–Kier alpha value is -3.30. The number of nitrogens with zero attached hydrogens (tertiary/aromatic N) is 2. The molecule has 0 saturated heterocycles. The minimum absolute atomic E-state index is 0.0503. The average Bonchev–Trinajstić information content (AvgIpc) is 3.16. The summed E-state index contributed by atoms with van der Waals surface area (Å²) in [4.78, 5) is 16.2. The Balaban J connectivity index is 1.69. The highest BCUT2D eigenvalue weighted by Gasteiger charge is 2.38. The molecule has 1 heterocycles. The van der Waals surface area contributed by atoms with Gasteiger partial charge in [0.15, 0.2) is 0 Å². The van der Waals surface area contributed by atoms with Crippen LogP contribution in [0, 0.1) is 5.82 Å². The fraction of sp³-hybridized carbons (Fsp3) is 0.0909. The molecule has 0 atom stereocenters. The van der Waals surface area contributed by atoms with E-state index in [2.05, 4.69) is 10.3 Å². The van der Waals surface area contributed by atoms with E-state index in [1.54, 1.807) is 0 Å². The van der Waals surface area contributed by atoms with Crippen molar-refractivity contribution in [2.75, 3.05) is 12.4 Å². The lowest BCUT2D eigenvalue weighted by atomic mass is 10.2. The molecule has 11 heteroatoms. The predicted octanol–water partition coefficient (Wildman–Crippen LogP) is 6.75. The fourth-order valence-corrected chi connectivity index (χ4v) is 3.70. The molecule has 0 aliphatic rings. The Bertz CT molecular complexity index is 1370. The number of imidazole rings is 1. The largest absolute Gasteiger partial charge is 0.497 e.